The topological polar surface area (TPSA) is 87.2 Å². The summed E-state index contributed by atoms with van der Waals surface area (Å²) in [5.41, 5.74) is 2.14. The second-order valence-corrected chi connectivity index (χ2v) is 5.79. The van der Waals surface area contributed by atoms with E-state index in [4.69, 9.17) is 0 Å². The molecule has 0 radical (unpaired) electrons. The molecule has 0 aliphatic carbocycles. The number of H-pyrrole nitrogens is 1. The van der Waals surface area contributed by atoms with Gasteiger partial charge >= 0.3 is 15.6 Å². The van der Waals surface area contributed by atoms with E-state index in [1.807, 2.05) is 6.92 Å². The van der Waals surface area contributed by atoms with E-state index in [2.05, 4.69) is 19.6 Å². The van der Waals surface area contributed by atoms with Crippen LogP contribution < -0.4 is 5.32 Å². The first-order valence-corrected chi connectivity index (χ1v) is 8.57. The zero-order valence-electron chi connectivity index (χ0n) is 10.1. The van der Waals surface area contributed by atoms with Crippen molar-refractivity contribution in [1.82, 2.24) is 15.3 Å². The molecule has 100 valence electrons. The van der Waals surface area contributed by atoms with Crippen molar-refractivity contribution < 1.29 is 8.42 Å². The highest BCUT2D eigenvalue weighted by Crippen LogP contribution is 2.11. The van der Waals surface area contributed by atoms with Crippen LogP contribution in [0.15, 0.2) is 10.7 Å². The third-order valence-electron chi connectivity index (χ3n) is 2.05. The average molecular weight is 307 g/mol. The number of aryl methyl sites for hydroxylation is 1. The van der Waals surface area contributed by atoms with Gasteiger partial charge in [-0.2, -0.15) is 20.2 Å². The summed E-state index contributed by atoms with van der Waals surface area (Å²) in [5.74, 6) is 1.70. The molecule has 0 amide bonds. The molecule has 0 spiro atoms. The van der Waals surface area contributed by atoms with Gasteiger partial charge in [0.15, 0.2) is 6.26 Å². The summed E-state index contributed by atoms with van der Waals surface area (Å²) >= 11 is 3.01. The molecule has 1 aromatic rings. The molecule has 0 fully saturated rings. The van der Waals surface area contributed by atoms with Crippen molar-refractivity contribution >= 4 is 38.7 Å². The van der Waals surface area contributed by atoms with E-state index in [1.54, 1.807) is 24.3 Å². The number of hydrogen-bond acceptors (Lipinski definition) is 4. The van der Waals surface area contributed by atoms with Crippen LogP contribution in [0.5, 0.6) is 0 Å². The maximum atomic E-state index is 10.4. The predicted octanol–water partition coefficient (Wildman–Crippen LogP) is 0.403. The number of thioether (sulfide) groups is 1. The van der Waals surface area contributed by atoms with E-state index in [-0.39, 0.29) is 0 Å². The van der Waals surface area contributed by atoms with Gasteiger partial charge in [-0.25, -0.2) is 10.3 Å². The molecule has 0 atom stereocenters. The fourth-order valence-electron chi connectivity index (χ4n) is 1.14. The van der Waals surface area contributed by atoms with Crippen molar-refractivity contribution in [2.75, 3.05) is 18.6 Å². The number of nitrogens with zero attached hydrogens (tertiary/aromatic N) is 2. The van der Waals surface area contributed by atoms with Crippen LogP contribution >= 0.6 is 11.8 Å². The molecule has 1 heterocycles. The Labute approximate surface area is 116 Å². The smallest absolute Gasteiger partial charge is 0.348 e. The summed E-state index contributed by atoms with van der Waals surface area (Å²) in [7, 11) is -2.40. The van der Waals surface area contributed by atoms with E-state index < -0.39 is 10.5 Å². The molecular weight excluding hydrogens is 292 g/mol. The van der Waals surface area contributed by atoms with Crippen LogP contribution in [0.3, 0.4) is 0 Å². The lowest BCUT2D eigenvalue weighted by atomic mass is 10.4. The van der Waals surface area contributed by atoms with Crippen molar-refractivity contribution in [2.24, 2.45) is 4.36 Å². The van der Waals surface area contributed by atoms with E-state index in [9.17, 15) is 8.42 Å². The van der Waals surface area contributed by atoms with E-state index >= 15 is 0 Å². The van der Waals surface area contributed by atoms with Gasteiger partial charge in [-0.3, -0.25) is 0 Å². The maximum absolute atomic E-state index is 10.4. The molecule has 6 nitrogen and oxygen atoms in total. The average Bonchev–Trinajstić information content (AvgIpc) is 2.72. The Morgan fingerprint density at radius 3 is 3.00 bits per heavy atom. The van der Waals surface area contributed by atoms with Crippen molar-refractivity contribution in [1.29, 1.82) is 0 Å². The first kappa shape index (κ1) is 15.3. The highest BCUT2D eigenvalue weighted by molar-refractivity contribution is 7.98. The van der Waals surface area contributed by atoms with Crippen LogP contribution in [-0.4, -0.2) is 42.1 Å². The largest absolute Gasteiger partial charge is 0.382 e. The standard InChI is InChI=1S/C9H15N4O2S3/c1-7-8(12-6-11-7)5-17-4-3-10-9(16-2)13-18(14)15/h6,10H,3-5H2,1-2H3,(H,11,12)/q+1. The molecule has 0 unspecified atom stereocenters. The van der Waals surface area contributed by atoms with Crippen molar-refractivity contribution in [2.45, 2.75) is 12.7 Å². The maximum Gasteiger partial charge on any atom is 0.382 e. The molecule has 0 aliphatic heterocycles. The first-order chi connectivity index (χ1) is 8.63. The van der Waals surface area contributed by atoms with Gasteiger partial charge in [0.05, 0.1) is 12.0 Å². The lowest BCUT2D eigenvalue weighted by Gasteiger charge is -1.99. The highest BCUT2D eigenvalue weighted by Gasteiger charge is 2.06. The highest BCUT2D eigenvalue weighted by atomic mass is 32.2. The number of aromatic amines is 1. The van der Waals surface area contributed by atoms with Crippen LogP contribution in [0.25, 0.3) is 0 Å². The second kappa shape index (κ2) is 8.35. The zero-order chi connectivity index (χ0) is 13.4. The van der Waals surface area contributed by atoms with E-state index in [1.165, 1.54) is 11.4 Å². The molecule has 1 rings (SSSR count). The Balaban J connectivity index is 2.23. The molecule has 18 heavy (non-hydrogen) atoms. The Morgan fingerprint density at radius 1 is 1.67 bits per heavy atom. The third kappa shape index (κ3) is 5.71. The van der Waals surface area contributed by atoms with Gasteiger partial charge in [-0.05, 0) is 6.92 Å². The molecule has 9 heteroatoms. The van der Waals surface area contributed by atoms with Crippen LogP contribution in [-0.2, 0) is 27.6 Å². The molecule has 0 saturated carbocycles. The SMILES string of the molecule is C/[S+]=C(\N=S(=O)=O)NCCSCc1nc[nH]c1C. The zero-order valence-corrected chi connectivity index (χ0v) is 12.6. The third-order valence-corrected chi connectivity index (χ3v) is 4.09. The first-order valence-electron chi connectivity index (χ1n) is 5.16. The lowest BCUT2D eigenvalue weighted by molar-refractivity contribution is 0.623. The number of nitrogens with one attached hydrogen (secondary N) is 2. The molecule has 0 aliphatic rings. The van der Waals surface area contributed by atoms with Crippen LogP contribution in [0.4, 0.5) is 0 Å². The monoisotopic (exact) mass is 307 g/mol. The minimum Gasteiger partial charge on any atom is -0.348 e. The number of hydrogen-bond donors (Lipinski definition) is 2. The molecule has 0 aromatic carbocycles. The minimum absolute atomic E-state index is 0.417. The Bertz CT molecular complexity index is 528. The Hall–Kier alpha value is -0.770. The van der Waals surface area contributed by atoms with Crippen molar-refractivity contribution in [3.8, 4) is 0 Å². The van der Waals surface area contributed by atoms with Gasteiger partial charge in [0.2, 0.25) is 11.4 Å². The molecule has 0 bridgehead atoms. The summed E-state index contributed by atoms with van der Waals surface area (Å²) in [6, 6.07) is 0. The summed E-state index contributed by atoms with van der Waals surface area (Å²) in [6.45, 7) is 2.66. The summed E-state index contributed by atoms with van der Waals surface area (Å²) in [5, 5.41) is 3.38. The van der Waals surface area contributed by atoms with Crippen LogP contribution in [0.2, 0.25) is 0 Å². The van der Waals surface area contributed by atoms with Gasteiger partial charge in [0, 0.05) is 23.7 Å². The Kier molecular flexibility index (Phi) is 7.09. The molecule has 0 saturated heterocycles. The van der Waals surface area contributed by atoms with Crippen molar-refractivity contribution in [3.63, 3.8) is 0 Å². The lowest BCUT2D eigenvalue weighted by Crippen LogP contribution is -2.24. The normalized spacial score (nSPS) is 11.6. The molecular formula is C9H15N4O2S3+. The molecule has 1 aromatic heterocycles. The van der Waals surface area contributed by atoms with E-state index in [0.717, 1.165) is 22.9 Å². The van der Waals surface area contributed by atoms with Gasteiger partial charge in [0.25, 0.3) is 0 Å². The van der Waals surface area contributed by atoms with Gasteiger partial charge < -0.3 is 4.98 Å². The summed E-state index contributed by atoms with van der Waals surface area (Å²) < 4.78 is 24.2. The van der Waals surface area contributed by atoms with Crippen molar-refractivity contribution in [3.05, 3.63) is 17.7 Å². The van der Waals surface area contributed by atoms with Crippen LogP contribution in [0, 0.1) is 6.92 Å². The number of imidazole rings is 1. The number of aromatic nitrogens is 2. The van der Waals surface area contributed by atoms with E-state index in [0.29, 0.717) is 11.7 Å². The molecule has 2 N–H and O–H groups in total. The van der Waals surface area contributed by atoms with Gasteiger partial charge in [-0.15, -0.1) is 0 Å². The Morgan fingerprint density at radius 2 is 2.44 bits per heavy atom. The quantitative estimate of drug-likeness (QED) is 0.467. The van der Waals surface area contributed by atoms with Gasteiger partial charge in [0.1, 0.15) is 0 Å². The predicted molar refractivity (Wildman–Crippen MR) is 77.1 cm³/mol. The fraction of sp³-hybridized carbons (Fsp3) is 0.556. The van der Waals surface area contributed by atoms with Crippen LogP contribution in [0.1, 0.15) is 11.4 Å². The fourth-order valence-corrected chi connectivity index (χ4v) is 2.94. The summed E-state index contributed by atoms with van der Waals surface area (Å²) in [4.78, 5) is 7.23. The number of rotatable bonds is 5. The summed E-state index contributed by atoms with van der Waals surface area (Å²) in [6.07, 6.45) is 3.46. The van der Waals surface area contributed by atoms with Gasteiger partial charge in [-0.1, -0.05) is 4.36 Å². The minimum atomic E-state index is -2.40. The second-order valence-electron chi connectivity index (χ2n) is 3.27.